The molecule has 0 aromatic carbocycles. The fourth-order valence-corrected chi connectivity index (χ4v) is 3.31. The first-order chi connectivity index (χ1) is 13.7. The molecule has 2 aliphatic heterocycles. The minimum Gasteiger partial charge on any atom is -0.394 e. The lowest BCUT2D eigenvalue weighted by Gasteiger charge is -2.47. The van der Waals surface area contributed by atoms with Crippen LogP contribution in [0.5, 0.6) is 0 Å². The number of aliphatic hydroxyl groups excluding tert-OH is 7. The van der Waals surface area contributed by atoms with E-state index in [9.17, 15) is 40.5 Å². The van der Waals surface area contributed by atoms with Gasteiger partial charge >= 0.3 is 0 Å². The Morgan fingerprint density at radius 3 is 2.10 bits per heavy atom. The molecule has 166 valence electrons. The zero-order valence-corrected chi connectivity index (χ0v) is 15.7. The van der Waals surface area contributed by atoms with E-state index in [4.69, 9.17) is 20.6 Å². The standard InChI is InChI=1S/C17H27NO11/c1-3-4-18(7(2)21)16-13(25)12(24)15(9(6-20)27-16)29-17-14(26)11(23)10(22)8(5-19)28-17/h1,8-17,19-20,22-26H,4-6H2,2H3/t8-,9-,10-,11+,12-,13-,14-,15-,16-,17+/m1/s1. The average Bonchev–Trinajstić information content (AvgIpc) is 2.70. The molecule has 0 saturated carbocycles. The van der Waals surface area contributed by atoms with Crippen molar-refractivity contribution in [1.29, 1.82) is 0 Å². The highest BCUT2D eigenvalue weighted by Crippen LogP contribution is 2.30. The number of aliphatic hydroxyl groups is 7. The van der Waals surface area contributed by atoms with Gasteiger partial charge in [-0.15, -0.1) is 6.42 Å². The molecule has 2 fully saturated rings. The van der Waals surface area contributed by atoms with Crippen LogP contribution < -0.4 is 0 Å². The lowest BCUT2D eigenvalue weighted by Crippen LogP contribution is -2.67. The van der Waals surface area contributed by atoms with Crippen LogP contribution in [0.15, 0.2) is 0 Å². The highest BCUT2D eigenvalue weighted by molar-refractivity contribution is 5.73. The van der Waals surface area contributed by atoms with E-state index in [0.29, 0.717) is 0 Å². The summed E-state index contributed by atoms with van der Waals surface area (Å²) in [5.74, 6) is 1.69. The monoisotopic (exact) mass is 421 g/mol. The average molecular weight is 421 g/mol. The van der Waals surface area contributed by atoms with Crippen molar-refractivity contribution < 1.29 is 54.8 Å². The van der Waals surface area contributed by atoms with E-state index >= 15 is 0 Å². The van der Waals surface area contributed by atoms with Crippen molar-refractivity contribution in [1.82, 2.24) is 4.90 Å². The smallest absolute Gasteiger partial charge is 0.222 e. The minimum atomic E-state index is -1.76. The molecule has 10 atom stereocenters. The molecular formula is C17H27NO11. The van der Waals surface area contributed by atoms with Crippen LogP contribution in [-0.2, 0) is 19.0 Å². The summed E-state index contributed by atoms with van der Waals surface area (Å²) in [5.41, 5.74) is 0. The summed E-state index contributed by atoms with van der Waals surface area (Å²) in [6, 6.07) is 0. The number of ether oxygens (including phenoxy) is 3. The highest BCUT2D eigenvalue weighted by Gasteiger charge is 2.51. The normalized spacial score (nSPS) is 42.9. The second-order valence-corrected chi connectivity index (χ2v) is 6.88. The van der Waals surface area contributed by atoms with Gasteiger partial charge in [0.05, 0.1) is 19.8 Å². The predicted octanol–water partition coefficient (Wildman–Crippen LogP) is -4.91. The first-order valence-corrected chi connectivity index (χ1v) is 8.97. The molecule has 0 radical (unpaired) electrons. The summed E-state index contributed by atoms with van der Waals surface area (Å²) in [6.07, 6.45) is -10.3. The summed E-state index contributed by atoms with van der Waals surface area (Å²) in [5, 5.41) is 69.6. The molecule has 7 N–H and O–H groups in total. The summed E-state index contributed by atoms with van der Waals surface area (Å²) >= 11 is 0. The largest absolute Gasteiger partial charge is 0.394 e. The highest BCUT2D eigenvalue weighted by atomic mass is 16.7. The third kappa shape index (κ3) is 4.86. The van der Waals surface area contributed by atoms with E-state index in [0.717, 1.165) is 4.90 Å². The van der Waals surface area contributed by atoms with Crippen molar-refractivity contribution in [3.05, 3.63) is 0 Å². The fourth-order valence-electron chi connectivity index (χ4n) is 3.31. The van der Waals surface area contributed by atoms with Gasteiger partial charge < -0.3 is 54.9 Å². The quantitative estimate of drug-likeness (QED) is 0.204. The van der Waals surface area contributed by atoms with Crippen molar-refractivity contribution in [3.63, 3.8) is 0 Å². The summed E-state index contributed by atoms with van der Waals surface area (Å²) in [6.45, 7) is -0.434. The van der Waals surface area contributed by atoms with E-state index in [-0.39, 0.29) is 6.54 Å². The minimum absolute atomic E-state index is 0.222. The van der Waals surface area contributed by atoms with Gasteiger partial charge in [0.15, 0.2) is 12.5 Å². The Balaban J connectivity index is 2.19. The van der Waals surface area contributed by atoms with Gasteiger partial charge in [0.1, 0.15) is 48.8 Å². The maximum absolute atomic E-state index is 11.8. The van der Waals surface area contributed by atoms with Crippen LogP contribution in [0.1, 0.15) is 6.92 Å². The predicted molar refractivity (Wildman–Crippen MR) is 92.6 cm³/mol. The van der Waals surface area contributed by atoms with Crippen molar-refractivity contribution in [2.75, 3.05) is 19.8 Å². The molecule has 0 spiro atoms. The van der Waals surface area contributed by atoms with Crippen LogP contribution in [0, 0.1) is 12.3 Å². The molecule has 29 heavy (non-hydrogen) atoms. The number of hydrogen-bond donors (Lipinski definition) is 7. The fraction of sp³-hybridized carbons (Fsp3) is 0.824. The zero-order valence-electron chi connectivity index (χ0n) is 15.7. The Morgan fingerprint density at radius 2 is 1.59 bits per heavy atom. The van der Waals surface area contributed by atoms with Gasteiger partial charge in [0.2, 0.25) is 5.91 Å². The van der Waals surface area contributed by atoms with Crippen LogP contribution in [0.4, 0.5) is 0 Å². The van der Waals surface area contributed by atoms with E-state index in [1.165, 1.54) is 6.92 Å². The number of amides is 1. The lowest BCUT2D eigenvalue weighted by molar-refractivity contribution is -0.347. The number of nitrogens with zero attached hydrogens (tertiary/aromatic N) is 1. The molecule has 2 heterocycles. The van der Waals surface area contributed by atoms with Gasteiger partial charge in [0.25, 0.3) is 0 Å². The molecule has 0 unspecified atom stereocenters. The number of carbonyl (C=O) groups excluding carboxylic acids is 1. The third-order valence-corrected chi connectivity index (χ3v) is 4.95. The van der Waals surface area contributed by atoms with Crippen molar-refractivity contribution in [2.45, 2.75) is 68.3 Å². The van der Waals surface area contributed by atoms with Crippen LogP contribution in [0.25, 0.3) is 0 Å². The summed E-state index contributed by atoms with van der Waals surface area (Å²) in [4.78, 5) is 12.8. The van der Waals surface area contributed by atoms with Gasteiger partial charge in [-0.25, -0.2) is 0 Å². The first-order valence-electron chi connectivity index (χ1n) is 8.97. The van der Waals surface area contributed by atoms with Crippen molar-refractivity contribution in [2.24, 2.45) is 0 Å². The van der Waals surface area contributed by atoms with Gasteiger partial charge in [-0.05, 0) is 0 Å². The molecule has 0 aromatic rings. The van der Waals surface area contributed by atoms with E-state index in [1.807, 2.05) is 0 Å². The van der Waals surface area contributed by atoms with Gasteiger partial charge in [0, 0.05) is 6.92 Å². The summed E-state index contributed by atoms with van der Waals surface area (Å²) < 4.78 is 16.2. The van der Waals surface area contributed by atoms with Crippen LogP contribution >= 0.6 is 0 Å². The molecule has 12 nitrogen and oxygen atoms in total. The molecule has 12 heteroatoms. The Morgan fingerprint density at radius 1 is 0.966 bits per heavy atom. The Bertz CT molecular complexity index is 594. The molecular weight excluding hydrogens is 394 g/mol. The molecule has 2 rings (SSSR count). The first kappa shape index (κ1) is 23.9. The molecule has 2 saturated heterocycles. The number of terminal acetylenes is 1. The molecule has 0 aliphatic carbocycles. The maximum atomic E-state index is 11.8. The van der Waals surface area contributed by atoms with E-state index in [2.05, 4.69) is 5.92 Å². The number of hydrogen-bond acceptors (Lipinski definition) is 11. The Hall–Kier alpha value is -1.37. The van der Waals surface area contributed by atoms with Crippen LogP contribution in [-0.4, -0.2) is 128 Å². The molecule has 1 amide bonds. The van der Waals surface area contributed by atoms with E-state index < -0.39 is 80.5 Å². The Labute approximate surface area is 166 Å². The SMILES string of the molecule is C#CCN(C(C)=O)[C@@H]1O[C@H](CO)[C@@H](O[C@@H]2O[C@H](CO)[C@@H](O)[C@H](O)[C@H]2O)[C@H](O)[C@H]1O. The van der Waals surface area contributed by atoms with Crippen molar-refractivity contribution in [3.8, 4) is 12.3 Å². The van der Waals surface area contributed by atoms with Crippen LogP contribution in [0.3, 0.4) is 0 Å². The lowest BCUT2D eigenvalue weighted by atomic mass is 9.96. The van der Waals surface area contributed by atoms with E-state index in [1.54, 1.807) is 0 Å². The topological polar surface area (TPSA) is 190 Å². The van der Waals surface area contributed by atoms with Crippen LogP contribution in [0.2, 0.25) is 0 Å². The summed E-state index contributed by atoms with van der Waals surface area (Å²) in [7, 11) is 0. The zero-order chi connectivity index (χ0) is 21.9. The number of rotatable bonds is 6. The second-order valence-electron chi connectivity index (χ2n) is 6.88. The van der Waals surface area contributed by atoms with Crippen molar-refractivity contribution >= 4 is 5.91 Å². The number of carbonyl (C=O) groups is 1. The second kappa shape index (κ2) is 10.1. The van der Waals surface area contributed by atoms with Gasteiger partial charge in [-0.1, -0.05) is 5.92 Å². The third-order valence-electron chi connectivity index (χ3n) is 4.95. The molecule has 2 aliphatic rings. The molecule has 0 aromatic heterocycles. The maximum Gasteiger partial charge on any atom is 0.222 e. The van der Waals surface area contributed by atoms with Gasteiger partial charge in [-0.3, -0.25) is 4.79 Å². The Kier molecular flexibility index (Phi) is 8.32. The van der Waals surface area contributed by atoms with Gasteiger partial charge in [-0.2, -0.15) is 0 Å². The molecule has 0 bridgehead atoms.